The zero-order valence-corrected chi connectivity index (χ0v) is 10.7. The Morgan fingerprint density at radius 1 is 1.06 bits per heavy atom. The topological polar surface area (TPSA) is 35.2 Å². The molecule has 3 heteroatoms. The van der Waals surface area contributed by atoms with Crippen LogP contribution in [-0.4, -0.2) is 0 Å². The fourth-order valence-electron chi connectivity index (χ4n) is 1.37. The molecule has 18 heavy (non-hydrogen) atoms. The zero-order valence-electron chi connectivity index (χ0n) is 10.7. The van der Waals surface area contributed by atoms with Crippen LogP contribution in [0.5, 0.6) is 5.75 Å². The highest BCUT2D eigenvalue weighted by Crippen LogP contribution is 2.20. The standard InChI is InChI=1S/C13H12FNO.C2H6/c14-12-8-11(15)6-7-13(12)16-9-10-4-2-1-3-5-10;1-2/h1-8H,9,15H2;1-2H3. The molecule has 0 radical (unpaired) electrons. The minimum Gasteiger partial charge on any atom is -0.486 e. The summed E-state index contributed by atoms with van der Waals surface area (Å²) in [4.78, 5) is 0. The number of hydrogen-bond donors (Lipinski definition) is 1. The maximum atomic E-state index is 13.3. The van der Waals surface area contributed by atoms with Gasteiger partial charge in [0.2, 0.25) is 0 Å². The molecular formula is C15H18FNO. The highest BCUT2D eigenvalue weighted by Gasteiger charge is 2.03. The Morgan fingerprint density at radius 3 is 2.33 bits per heavy atom. The number of nitrogens with two attached hydrogens (primary N) is 1. The molecule has 0 saturated carbocycles. The summed E-state index contributed by atoms with van der Waals surface area (Å²) in [5.74, 6) is -0.214. The minimum absolute atomic E-state index is 0.220. The number of rotatable bonds is 3. The molecule has 0 heterocycles. The summed E-state index contributed by atoms with van der Waals surface area (Å²) in [7, 11) is 0. The van der Waals surface area contributed by atoms with Gasteiger partial charge in [-0.1, -0.05) is 44.2 Å². The summed E-state index contributed by atoms with van der Waals surface area (Å²) in [6.07, 6.45) is 0. The molecule has 0 spiro atoms. The van der Waals surface area contributed by atoms with Crippen molar-refractivity contribution in [3.05, 3.63) is 59.9 Å². The molecule has 0 aliphatic heterocycles. The van der Waals surface area contributed by atoms with Crippen molar-refractivity contribution < 1.29 is 9.13 Å². The lowest BCUT2D eigenvalue weighted by Crippen LogP contribution is -1.97. The average Bonchev–Trinajstić information content (AvgIpc) is 2.41. The van der Waals surface area contributed by atoms with Crippen LogP contribution >= 0.6 is 0 Å². The molecule has 0 fully saturated rings. The van der Waals surface area contributed by atoms with E-state index in [1.165, 1.54) is 12.1 Å². The zero-order chi connectivity index (χ0) is 13.4. The van der Waals surface area contributed by atoms with Crippen LogP contribution in [-0.2, 0) is 6.61 Å². The van der Waals surface area contributed by atoms with Crippen molar-refractivity contribution in [2.24, 2.45) is 0 Å². The molecule has 0 aliphatic rings. The Bertz CT molecular complexity index is 471. The van der Waals surface area contributed by atoms with E-state index in [2.05, 4.69) is 0 Å². The van der Waals surface area contributed by atoms with Crippen molar-refractivity contribution in [2.75, 3.05) is 5.73 Å². The lowest BCUT2D eigenvalue weighted by atomic mass is 10.2. The van der Waals surface area contributed by atoms with Crippen LogP contribution in [0.2, 0.25) is 0 Å². The van der Waals surface area contributed by atoms with Crippen molar-refractivity contribution in [3.63, 3.8) is 0 Å². The lowest BCUT2D eigenvalue weighted by Gasteiger charge is -2.07. The molecule has 0 unspecified atom stereocenters. The normalized spacial score (nSPS) is 9.28. The molecule has 0 atom stereocenters. The highest BCUT2D eigenvalue weighted by molar-refractivity contribution is 5.42. The molecule has 96 valence electrons. The Labute approximate surface area is 107 Å². The van der Waals surface area contributed by atoms with E-state index in [1.54, 1.807) is 6.07 Å². The van der Waals surface area contributed by atoms with Gasteiger partial charge in [0.25, 0.3) is 0 Å². The van der Waals surface area contributed by atoms with Crippen molar-refractivity contribution >= 4 is 5.69 Å². The van der Waals surface area contributed by atoms with Gasteiger partial charge in [-0.05, 0) is 17.7 Å². The van der Waals surface area contributed by atoms with Gasteiger partial charge in [-0.3, -0.25) is 0 Å². The van der Waals surface area contributed by atoms with Crippen LogP contribution in [0, 0.1) is 5.82 Å². The third kappa shape index (κ3) is 4.09. The van der Waals surface area contributed by atoms with Gasteiger partial charge in [-0.25, -0.2) is 4.39 Å². The fourth-order valence-corrected chi connectivity index (χ4v) is 1.37. The Morgan fingerprint density at radius 2 is 1.72 bits per heavy atom. The van der Waals surface area contributed by atoms with Crippen molar-refractivity contribution in [3.8, 4) is 5.75 Å². The van der Waals surface area contributed by atoms with E-state index >= 15 is 0 Å². The number of anilines is 1. The predicted molar refractivity (Wildman–Crippen MR) is 72.9 cm³/mol. The van der Waals surface area contributed by atoms with Crippen LogP contribution in [0.25, 0.3) is 0 Å². The van der Waals surface area contributed by atoms with Crippen molar-refractivity contribution in [1.29, 1.82) is 0 Å². The van der Waals surface area contributed by atoms with Crippen molar-refractivity contribution in [2.45, 2.75) is 20.5 Å². The van der Waals surface area contributed by atoms with Crippen LogP contribution in [0.4, 0.5) is 10.1 Å². The molecule has 2 aromatic rings. The molecule has 2 rings (SSSR count). The Kier molecular flexibility index (Phi) is 5.71. The number of hydrogen-bond acceptors (Lipinski definition) is 2. The van der Waals surface area contributed by atoms with Crippen LogP contribution in [0.1, 0.15) is 19.4 Å². The third-order valence-electron chi connectivity index (χ3n) is 2.19. The molecule has 0 bridgehead atoms. The first-order chi connectivity index (χ1) is 8.75. The SMILES string of the molecule is CC.Nc1ccc(OCc2ccccc2)c(F)c1. The van der Waals surface area contributed by atoms with E-state index in [0.29, 0.717) is 12.3 Å². The van der Waals surface area contributed by atoms with Gasteiger partial charge in [0.15, 0.2) is 11.6 Å². The van der Waals surface area contributed by atoms with Crippen LogP contribution in [0.15, 0.2) is 48.5 Å². The van der Waals surface area contributed by atoms with E-state index in [4.69, 9.17) is 10.5 Å². The van der Waals surface area contributed by atoms with Gasteiger partial charge in [-0.2, -0.15) is 0 Å². The Hall–Kier alpha value is -2.03. The maximum Gasteiger partial charge on any atom is 0.167 e. The van der Waals surface area contributed by atoms with E-state index in [9.17, 15) is 4.39 Å². The molecule has 0 aliphatic carbocycles. The van der Waals surface area contributed by atoms with Gasteiger partial charge < -0.3 is 10.5 Å². The van der Waals surface area contributed by atoms with Crippen LogP contribution in [0.3, 0.4) is 0 Å². The van der Waals surface area contributed by atoms with Gasteiger partial charge in [0, 0.05) is 11.8 Å². The van der Waals surface area contributed by atoms with Gasteiger partial charge in [-0.15, -0.1) is 0 Å². The summed E-state index contributed by atoms with van der Waals surface area (Å²) < 4.78 is 18.7. The number of benzene rings is 2. The second-order valence-corrected chi connectivity index (χ2v) is 3.46. The monoisotopic (exact) mass is 247 g/mol. The van der Waals surface area contributed by atoms with E-state index < -0.39 is 5.82 Å². The molecule has 0 aromatic heterocycles. The summed E-state index contributed by atoms with van der Waals surface area (Å²) >= 11 is 0. The van der Waals surface area contributed by atoms with Crippen LogP contribution < -0.4 is 10.5 Å². The third-order valence-corrected chi connectivity index (χ3v) is 2.19. The molecule has 2 nitrogen and oxygen atoms in total. The average molecular weight is 247 g/mol. The smallest absolute Gasteiger partial charge is 0.167 e. The molecule has 2 aromatic carbocycles. The van der Waals surface area contributed by atoms with E-state index in [1.807, 2.05) is 44.2 Å². The summed E-state index contributed by atoms with van der Waals surface area (Å²) in [6, 6.07) is 14.0. The maximum absolute atomic E-state index is 13.3. The van der Waals surface area contributed by atoms with Gasteiger partial charge >= 0.3 is 0 Å². The first-order valence-electron chi connectivity index (χ1n) is 5.97. The first-order valence-corrected chi connectivity index (χ1v) is 5.97. The number of nitrogen functional groups attached to an aromatic ring is 1. The van der Waals surface area contributed by atoms with Crippen molar-refractivity contribution in [1.82, 2.24) is 0 Å². The molecule has 0 amide bonds. The second kappa shape index (κ2) is 7.33. The largest absolute Gasteiger partial charge is 0.486 e. The molecule has 0 saturated heterocycles. The van der Waals surface area contributed by atoms with Gasteiger partial charge in [0.1, 0.15) is 6.61 Å². The fraction of sp³-hybridized carbons (Fsp3) is 0.200. The van der Waals surface area contributed by atoms with E-state index in [-0.39, 0.29) is 5.75 Å². The molecule has 2 N–H and O–H groups in total. The quantitative estimate of drug-likeness (QED) is 0.832. The highest BCUT2D eigenvalue weighted by atomic mass is 19.1. The summed E-state index contributed by atoms with van der Waals surface area (Å²) in [5.41, 5.74) is 6.83. The minimum atomic E-state index is -0.434. The number of halogens is 1. The second-order valence-electron chi connectivity index (χ2n) is 3.46. The number of ether oxygens (including phenoxy) is 1. The summed E-state index contributed by atoms with van der Waals surface area (Å²) in [6.45, 7) is 4.35. The lowest BCUT2D eigenvalue weighted by molar-refractivity contribution is 0.290. The Balaban J connectivity index is 0.000000771. The first kappa shape index (κ1) is 14.0. The molecular weight excluding hydrogens is 229 g/mol. The van der Waals surface area contributed by atoms with E-state index in [0.717, 1.165) is 5.56 Å². The summed E-state index contributed by atoms with van der Waals surface area (Å²) in [5, 5.41) is 0. The van der Waals surface area contributed by atoms with Gasteiger partial charge in [0.05, 0.1) is 0 Å². The predicted octanol–water partition coefficient (Wildman–Crippen LogP) is 4.01.